The van der Waals surface area contributed by atoms with E-state index >= 15 is 0 Å². The van der Waals surface area contributed by atoms with Crippen molar-refractivity contribution in [3.63, 3.8) is 0 Å². The maximum Gasteiger partial charge on any atom is 0.00894 e. The zero-order chi connectivity index (χ0) is 16.6. The summed E-state index contributed by atoms with van der Waals surface area (Å²) in [6, 6.07) is 7.08. The zero-order valence-corrected chi connectivity index (χ0v) is 16.4. The average molecular weight is 416 g/mol. The molecule has 2 unspecified atom stereocenters. The van der Waals surface area contributed by atoms with Gasteiger partial charge in [0.15, 0.2) is 0 Å². The molecule has 23 heavy (non-hydrogen) atoms. The van der Waals surface area contributed by atoms with Crippen LogP contribution in [-0.2, 0) is 5.41 Å². The van der Waals surface area contributed by atoms with E-state index in [9.17, 15) is 0 Å². The fourth-order valence-electron chi connectivity index (χ4n) is 4.12. The van der Waals surface area contributed by atoms with Gasteiger partial charge < -0.3 is 0 Å². The van der Waals surface area contributed by atoms with E-state index in [1.54, 1.807) is 0 Å². The molecule has 2 aliphatic carbocycles. The minimum absolute atomic E-state index is 0.149. The fourth-order valence-corrected chi connectivity index (χ4v) is 4.57. The lowest BCUT2D eigenvalue weighted by Gasteiger charge is -2.28. The second-order valence-electron chi connectivity index (χ2n) is 7.14. The molecule has 0 nitrogen and oxygen atoms in total. The van der Waals surface area contributed by atoms with Gasteiger partial charge in [0.25, 0.3) is 0 Å². The molecule has 0 aromatic heterocycles. The normalized spacial score (nSPS) is 25.9. The molecular formula is C22H25I. The Hall–Kier alpha value is -1.09. The van der Waals surface area contributed by atoms with E-state index in [1.165, 1.54) is 32.3 Å². The summed E-state index contributed by atoms with van der Waals surface area (Å²) >= 11 is 2.44. The van der Waals surface area contributed by atoms with Crippen LogP contribution in [0.3, 0.4) is 0 Å². The van der Waals surface area contributed by atoms with E-state index in [0.717, 1.165) is 6.42 Å². The summed E-state index contributed by atoms with van der Waals surface area (Å²) in [7, 11) is 0. The third kappa shape index (κ3) is 2.88. The highest BCUT2D eigenvalue weighted by atomic mass is 127. The molecule has 2 atom stereocenters. The Balaban J connectivity index is 2.08. The van der Waals surface area contributed by atoms with Gasteiger partial charge in [0, 0.05) is 5.92 Å². The Morgan fingerprint density at radius 1 is 1.22 bits per heavy atom. The van der Waals surface area contributed by atoms with Gasteiger partial charge in [-0.3, -0.25) is 0 Å². The van der Waals surface area contributed by atoms with Gasteiger partial charge in [-0.2, -0.15) is 0 Å². The van der Waals surface area contributed by atoms with Crippen LogP contribution in [0.4, 0.5) is 0 Å². The summed E-state index contributed by atoms with van der Waals surface area (Å²) in [5.74, 6) is 0.919. The number of halogens is 1. The van der Waals surface area contributed by atoms with Crippen molar-refractivity contribution >= 4 is 28.2 Å². The van der Waals surface area contributed by atoms with Gasteiger partial charge in [0.05, 0.1) is 0 Å². The van der Waals surface area contributed by atoms with Crippen LogP contribution in [0.2, 0.25) is 0 Å². The Bertz CT molecular complexity index is 715. The smallest absolute Gasteiger partial charge is 0.00894 e. The van der Waals surface area contributed by atoms with Gasteiger partial charge >= 0.3 is 0 Å². The highest BCUT2D eigenvalue weighted by Crippen LogP contribution is 2.52. The Kier molecular flexibility index (Phi) is 4.68. The predicted molar refractivity (Wildman–Crippen MR) is 110 cm³/mol. The molecule has 1 aromatic carbocycles. The highest BCUT2D eigenvalue weighted by molar-refractivity contribution is 14.1. The quantitative estimate of drug-likeness (QED) is 0.370. The number of hydrogen-bond donors (Lipinski definition) is 0. The summed E-state index contributed by atoms with van der Waals surface area (Å²) in [5, 5.41) is 0. The number of hydrogen-bond acceptors (Lipinski definition) is 0. The fraction of sp³-hybridized carbons (Fsp3) is 0.364. The first kappa shape index (κ1) is 16.8. The summed E-state index contributed by atoms with van der Waals surface area (Å²) in [6.45, 7) is 11.0. The van der Waals surface area contributed by atoms with Gasteiger partial charge in [-0.25, -0.2) is 0 Å². The van der Waals surface area contributed by atoms with E-state index in [2.05, 4.69) is 98.5 Å². The van der Waals surface area contributed by atoms with Crippen molar-refractivity contribution in [2.24, 2.45) is 5.92 Å². The molecule has 0 saturated heterocycles. The van der Waals surface area contributed by atoms with Crippen molar-refractivity contribution in [3.8, 4) is 0 Å². The number of fused-ring (bicyclic) bond motifs is 1. The highest BCUT2D eigenvalue weighted by Gasteiger charge is 2.43. The molecule has 120 valence electrons. The van der Waals surface area contributed by atoms with Crippen LogP contribution in [0, 0.1) is 5.92 Å². The molecule has 0 bridgehead atoms. The summed E-state index contributed by atoms with van der Waals surface area (Å²) in [5.41, 5.74) is 5.96. The number of rotatable bonds is 3. The molecule has 2 aliphatic rings. The maximum atomic E-state index is 4.11. The van der Waals surface area contributed by atoms with Crippen molar-refractivity contribution < 1.29 is 0 Å². The molecule has 0 saturated carbocycles. The van der Waals surface area contributed by atoms with Crippen LogP contribution in [0.5, 0.6) is 0 Å². The summed E-state index contributed by atoms with van der Waals surface area (Å²) in [4.78, 5) is 0. The molecule has 0 fully saturated rings. The maximum absolute atomic E-state index is 4.11. The first-order valence-electron chi connectivity index (χ1n) is 8.44. The van der Waals surface area contributed by atoms with Crippen LogP contribution in [0.15, 0.2) is 58.7 Å². The van der Waals surface area contributed by atoms with Crippen molar-refractivity contribution in [2.75, 3.05) is 0 Å². The van der Waals surface area contributed by atoms with Crippen LogP contribution in [0.25, 0.3) is 5.57 Å². The lowest BCUT2D eigenvalue weighted by atomic mass is 9.75. The first-order chi connectivity index (χ1) is 11.0. The van der Waals surface area contributed by atoms with Gasteiger partial charge in [0.1, 0.15) is 0 Å². The zero-order valence-electron chi connectivity index (χ0n) is 14.3. The van der Waals surface area contributed by atoms with Crippen molar-refractivity contribution in [3.05, 3.63) is 75.4 Å². The molecule has 1 aromatic rings. The van der Waals surface area contributed by atoms with Crippen molar-refractivity contribution in [1.82, 2.24) is 0 Å². The van der Waals surface area contributed by atoms with E-state index in [1.807, 2.05) is 0 Å². The molecule has 1 heteroatoms. The Labute approximate surface area is 154 Å². The Morgan fingerprint density at radius 2 is 2.00 bits per heavy atom. The summed E-state index contributed by atoms with van der Waals surface area (Å²) in [6.07, 6.45) is 13.5. The van der Waals surface area contributed by atoms with Crippen LogP contribution < -0.4 is 0 Å². The van der Waals surface area contributed by atoms with Gasteiger partial charge in [-0.1, -0.05) is 62.4 Å². The van der Waals surface area contributed by atoms with Crippen LogP contribution >= 0.6 is 22.6 Å². The van der Waals surface area contributed by atoms with Crippen molar-refractivity contribution in [1.29, 1.82) is 0 Å². The third-order valence-electron chi connectivity index (χ3n) is 5.45. The molecular weight excluding hydrogens is 391 g/mol. The number of benzene rings is 1. The first-order valence-corrected chi connectivity index (χ1v) is 9.52. The minimum atomic E-state index is 0.149. The van der Waals surface area contributed by atoms with E-state index < -0.39 is 0 Å². The van der Waals surface area contributed by atoms with Crippen molar-refractivity contribution in [2.45, 2.75) is 44.9 Å². The molecule has 0 spiro atoms. The molecule has 0 heterocycles. The molecule has 0 radical (unpaired) electrons. The van der Waals surface area contributed by atoms with Gasteiger partial charge in [-0.05, 0) is 79.5 Å². The molecule has 0 N–H and O–H groups in total. The largest absolute Gasteiger partial charge is 0.102 e. The van der Waals surface area contributed by atoms with Crippen LogP contribution in [-0.4, -0.2) is 0 Å². The third-order valence-corrected chi connectivity index (χ3v) is 6.35. The van der Waals surface area contributed by atoms with Gasteiger partial charge in [-0.15, -0.1) is 6.58 Å². The number of allylic oxidation sites excluding steroid dienone is 7. The van der Waals surface area contributed by atoms with Crippen LogP contribution in [0.1, 0.15) is 56.2 Å². The lowest BCUT2D eigenvalue weighted by molar-refractivity contribution is 0.396. The van der Waals surface area contributed by atoms with E-state index in [-0.39, 0.29) is 5.41 Å². The monoisotopic (exact) mass is 416 g/mol. The lowest BCUT2D eigenvalue weighted by Crippen LogP contribution is -2.23. The van der Waals surface area contributed by atoms with E-state index in [0.29, 0.717) is 11.8 Å². The predicted octanol–water partition coefficient (Wildman–Crippen LogP) is 6.94. The van der Waals surface area contributed by atoms with Gasteiger partial charge in [0.2, 0.25) is 0 Å². The SMILES string of the molecule is C=CC1c2ccc(C3=CC=C(I)CC3)cc2C(C)(C)C1/C=C\C. The molecule has 0 aliphatic heterocycles. The topological polar surface area (TPSA) is 0 Å². The summed E-state index contributed by atoms with van der Waals surface area (Å²) < 4.78 is 1.45. The average Bonchev–Trinajstić information content (AvgIpc) is 2.76. The van der Waals surface area contributed by atoms with E-state index in [4.69, 9.17) is 0 Å². The molecule has 3 rings (SSSR count). The minimum Gasteiger partial charge on any atom is -0.102 e. The second kappa shape index (κ2) is 6.43. The Morgan fingerprint density at radius 3 is 2.61 bits per heavy atom. The molecule has 0 amide bonds. The second-order valence-corrected chi connectivity index (χ2v) is 8.53. The standard InChI is InChI=1S/C22H25I/c1-5-7-20-18(6-2)19-13-10-16(14-21(19)22(20,3)4)15-8-11-17(23)12-9-15/h5-8,10-11,13-14,18,20H,2,9,12H2,1,3-4H3/b7-5-.